The Morgan fingerprint density at radius 3 is 2.63 bits per heavy atom. The fourth-order valence-electron chi connectivity index (χ4n) is 2.13. The van der Waals surface area contributed by atoms with Crippen LogP contribution in [0, 0.1) is 0 Å². The number of urea groups is 1. The topological polar surface area (TPSA) is 96.2 Å². The molecule has 1 aromatic rings. The van der Waals surface area contributed by atoms with E-state index in [9.17, 15) is 9.59 Å². The first-order valence-electron chi connectivity index (χ1n) is 6.28. The molecule has 1 aliphatic heterocycles. The second kappa shape index (κ2) is 6.19. The fourth-order valence-corrected chi connectivity index (χ4v) is 2.13. The van der Waals surface area contributed by atoms with E-state index in [1.165, 1.54) is 11.1 Å². The van der Waals surface area contributed by atoms with E-state index in [-0.39, 0.29) is 11.9 Å². The minimum Gasteiger partial charge on any atom is -0.353 e. The standard InChI is InChI=1S/C13H18N4O2/c14-13(19)16-6-5-15-12(18)11-7-9-3-1-2-4-10(9)8-17-11/h1-4,11,17H,5-8H2,(H,15,18)(H3,14,16,19). The summed E-state index contributed by atoms with van der Waals surface area (Å²) in [5, 5.41) is 8.39. The molecule has 3 amide bonds. The average Bonchev–Trinajstić information content (AvgIpc) is 2.42. The molecule has 0 saturated heterocycles. The number of carbonyl (C=O) groups excluding carboxylic acids is 2. The maximum absolute atomic E-state index is 11.9. The van der Waals surface area contributed by atoms with Crippen molar-refractivity contribution >= 4 is 11.9 Å². The summed E-state index contributed by atoms with van der Waals surface area (Å²) < 4.78 is 0. The Kier molecular flexibility index (Phi) is 4.35. The number of hydrogen-bond donors (Lipinski definition) is 4. The Balaban J connectivity index is 1.80. The van der Waals surface area contributed by atoms with Gasteiger partial charge >= 0.3 is 6.03 Å². The number of nitrogens with one attached hydrogen (secondary N) is 3. The van der Waals surface area contributed by atoms with Crippen LogP contribution in [0.25, 0.3) is 0 Å². The highest BCUT2D eigenvalue weighted by molar-refractivity contribution is 5.82. The average molecular weight is 262 g/mol. The molecule has 1 aromatic carbocycles. The van der Waals surface area contributed by atoms with E-state index in [0.717, 1.165) is 0 Å². The van der Waals surface area contributed by atoms with E-state index in [1.807, 2.05) is 18.2 Å². The lowest BCUT2D eigenvalue weighted by molar-refractivity contribution is -0.123. The molecule has 0 aromatic heterocycles. The molecular weight excluding hydrogens is 244 g/mol. The van der Waals surface area contributed by atoms with Crippen molar-refractivity contribution < 1.29 is 9.59 Å². The number of amides is 3. The van der Waals surface area contributed by atoms with Gasteiger partial charge in [-0.1, -0.05) is 24.3 Å². The lowest BCUT2D eigenvalue weighted by atomic mass is 9.95. The second-order valence-corrected chi connectivity index (χ2v) is 4.49. The van der Waals surface area contributed by atoms with Crippen molar-refractivity contribution in [1.82, 2.24) is 16.0 Å². The third-order valence-corrected chi connectivity index (χ3v) is 3.12. The van der Waals surface area contributed by atoms with Gasteiger partial charge in [-0.15, -0.1) is 0 Å². The van der Waals surface area contributed by atoms with Crippen molar-refractivity contribution in [3.05, 3.63) is 35.4 Å². The van der Waals surface area contributed by atoms with Gasteiger partial charge in [-0.05, 0) is 17.5 Å². The van der Waals surface area contributed by atoms with Crippen LogP contribution in [-0.4, -0.2) is 31.1 Å². The number of rotatable bonds is 4. The SMILES string of the molecule is NC(=O)NCCNC(=O)C1Cc2ccccc2CN1. The van der Waals surface area contributed by atoms with Gasteiger partial charge in [-0.2, -0.15) is 0 Å². The summed E-state index contributed by atoms with van der Waals surface area (Å²) in [6, 6.07) is 7.28. The quantitative estimate of drug-likeness (QED) is 0.550. The number of fused-ring (bicyclic) bond motifs is 1. The van der Waals surface area contributed by atoms with Crippen molar-refractivity contribution in [2.45, 2.75) is 19.0 Å². The second-order valence-electron chi connectivity index (χ2n) is 4.49. The van der Waals surface area contributed by atoms with Crippen molar-refractivity contribution in [3.63, 3.8) is 0 Å². The normalized spacial score (nSPS) is 17.4. The van der Waals surface area contributed by atoms with Crippen LogP contribution in [-0.2, 0) is 17.8 Å². The van der Waals surface area contributed by atoms with Gasteiger partial charge in [0.25, 0.3) is 0 Å². The maximum Gasteiger partial charge on any atom is 0.312 e. The zero-order valence-corrected chi connectivity index (χ0v) is 10.6. The Labute approximate surface area is 111 Å². The van der Waals surface area contributed by atoms with Gasteiger partial charge < -0.3 is 21.7 Å². The van der Waals surface area contributed by atoms with Crippen LogP contribution in [0.5, 0.6) is 0 Å². The van der Waals surface area contributed by atoms with Gasteiger partial charge in [0.15, 0.2) is 0 Å². The van der Waals surface area contributed by atoms with Crippen LogP contribution >= 0.6 is 0 Å². The first kappa shape index (κ1) is 13.4. The lowest BCUT2D eigenvalue weighted by Crippen LogP contribution is -2.49. The number of primary amides is 1. The molecular formula is C13H18N4O2. The van der Waals surface area contributed by atoms with Crippen LogP contribution in [0.4, 0.5) is 4.79 Å². The lowest BCUT2D eigenvalue weighted by Gasteiger charge is -2.25. The van der Waals surface area contributed by atoms with Crippen molar-refractivity contribution in [2.75, 3.05) is 13.1 Å². The van der Waals surface area contributed by atoms with Crippen LogP contribution in [0.3, 0.4) is 0 Å². The van der Waals surface area contributed by atoms with Gasteiger partial charge in [0.1, 0.15) is 0 Å². The Morgan fingerprint density at radius 2 is 1.89 bits per heavy atom. The molecule has 1 heterocycles. The molecule has 1 aliphatic rings. The highest BCUT2D eigenvalue weighted by atomic mass is 16.2. The van der Waals surface area contributed by atoms with Crippen LogP contribution in [0.2, 0.25) is 0 Å². The molecule has 6 heteroatoms. The Bertz CT molecular complexity index is 475. The molecule has 0 radical (unpaired) electrons. The highest BCUT2D eigenvalue weighted by Crippen LogP contribution is 2.16. The molecule has 0 bridgehead atoms. The van der Waals surface area contributed by atoms with Crippen LogP contribution in [0.15, 0.2) is 24.3 Å². The van der Waals surface area contributed by atoms with E-state index in [4.69, 9.17) is 5.73 Å². The van der Waals surface area contributed by atoms with Gasteiger partial charge in [0.05, 0.1) is 6.04 Å². The summed E-state index contributed by atoms with van der Waals surface area (Å²) in [5.74, 6) is -0.0548. The zero-order chi connectivity index (χ0) is 13.7. The van der Waals surface area contributed by atoms with Gasteiger partial charge in [0.2, 0.25) is 5.91 Å². The third-order valence-electron chi connectivity index (χ3n) is 3.12. The van der Waals surface area contributed by atoms with Gasteiger partial charge in [0, 0.05) is 19.6 Å². The summed E-state index contributed by atoms with van der Waals surface area (Å²) in [5.41, 5.74) is 7.37. The molecule has 0 fully saturated rings. The Hall–Kier alpha value is -2.08. The number of hydrogen-bond acceptors (Lipinski definition) is 3. The van der Waals surface area contributed by atoms with Gasteiger partial charge in [-0.25, -0.2) is 4.79 Å². The minimum atomic E-state index is -0.584. The molecule has 1 unspecified atom stereocenters. The molecule has 19 heavy (non-hydrogen) atoms. The smallest absolute Gasteiger partial charge is 0.312 e. The first-order valence-corrected chi connectivity index (χ1v) is 6.28. The number of benzene rings is 1. The minimum absolute atomic E-state index is 0.0548. The summed E-state index contributed by atoms with van der Waals surface area (Å²) >= 11 is 0. The van der Waals surface area contributed by atoms with Crippen molar-refractivity contribution in [2.24, 2.45) is 5.73 Å². The van der Waals surface area contributed by atoms with E-state index in [1.54, 1.807) is 0 Å². The molecule has 0 spiro atoms. The monoisotopic (exact) mass is 262 g/mol. The van der Waals surface area contributed by atoms with Crippen molar-refractivity contribution in [3.8, 4) is 0 Å². The van der Waals surface area contributed by atoms with Gasteiger partial charge in [-0.3, -0.25) is 4.79 Å². The van der Waals surface area contributed by atoms with Crippen LogP contribution in [0.1, 0.15) is 11.1 Å². The molecule has 102 valence electrons. The summed E-state index contributed by atoms with van der Waals surface area (Å²) in [4.78, 5) is 22.4. The molecule has 1 atom stereocenters. The Morgan fingerprint density at radius 1 is 1.21 bits per heavy atom. The molecule has 5 N–H and O–H groups in total. The van der Waals surface area contributed by atoms with E-state index >= 15 is 0 Å². The van der Waals surface area contributed by atoms with Crippen LogP contribution < -0.4 is 21.7 Å². The summed E-state index contributed by atoms with van der Waals surface area (Å²) in [6.45, 7) is 1.42. The predicted molar refractivity (Wildman–Crippen MR) is 71.4 cm³/mol. The van der Waals surface area contributed by atoms with Crippen molar-refractivity contribution in [1.29, 1.82) is 0 Å². The zero-order valence-electron chi connectivity index (χ0n) is 10.6. The molecule has 0 saturated carbocycles. The third kappa shape index (κ3) is 3.69. The first-order chi connectivity index (χ1) is 9.16. The molecule has 0 aliphatic carbocycles. The van der Waals surface area contributed by atoms with E-state index in [2.05, 4.69) is 22.0 Å². The fraction of sp³-hybridized carbons (Fsp3) is 0.385. The summed E-state index contributed by atoms with van der Waals surface area (Å²) in [6.07, 6.45) is 0.686. The molecule has 2 rings (SSSR count). The van der Waals surface area contributed by atoms with E-state index < -0.39 is 6.03 Å². The number of carbonyl (C=O) groups is 2. The summed E-state index contributed by atoms with van der Waals surface area (Å²) in [7, 11) is 0. The maximum atomic E-state index is 11.9. The largest absolute Gasteiger partial charge is 0.353 e. The highest BCUT2D eigenvalue weighted by Gasteiger charge is 2.23. The predicted octanol–water partition coefficient (Wildman–Crippen LogP) is -0.515. The molecule has 6 nitrogen and oxygen atoms in total. The number of nitrogens with two attached hydrogens (primary N) is 1. The van der Waals surface area contributed by atoms with E-state index in [0.29, 0.717) is 26.1 Å².